The topological polar surface area (TPSA) is 88.3 Å². The number of aromatic nitrogens is 1. The normalized spacial score (nSPS) is 11.8. The van der Waals surface area contributed by atoms with Crippen LogP contribution in [-0.4, -0.2) is 40.3 Å². The van der Waals surface area contributed by atoms with E-state index in [-0.39, 0.29) is 42.7 Å². The van der Waals surface area contributed by atoms with Gasteiger partial charge in [0.1, 0.15) is 0 Å². The van der Waals surface area contributed by atoms with Gasteiger partial charge in [-0.1, -0.05) is 19.9 Å². The Morgan fingerprint density at radius 1 is 1.30 bits per heavy atom. The molecule has 2 amide bonds. The molecule has 0 bridgehead atoms. The summed E-state index contributed by atoms with van der Waals surface area (Å²) < 4.78 is 0. The number of pyridine rings is 1. The van der Waals surface area contributed by atoms with Gasteiger partial charge in [-0.15, -0.1) is 12.4 Å². The van der Waals surface area contributed by atoms with Gasteiger partial charge in [-0.25, -0.2) is 0 Å². The van der Waals surface area contributed by atoms with Gasteiger partial charge < -0.3 is 16.0 Å². The monoisotopic (exact) mass is 342 g/mol. The van der Waals surface area contributed by atoms with Crippen molar-refractivity contribution in [3.63, 3.8) is 0 Å². The fourth-order valence-electron chi connectivity index (χ4n) is 1.93. The maximum absolute atomic E-state index is 12.3. The van der Waals surface area contributed by atoms with Crippen molar-refractivity contribution >= 4 is 24.2 Å². The standard InChI is InChI=1S/C16H26N4O2.ClH/c1-11(2)15(17)16(22)19-9-14(21)20(12(3)4)10-13-6-5-7-18-8-13;/h5-8,11-12,15H,9-10,17H2,1-4H3,(H,19,22);1H/t15-;/m0./s1. The van der Waals surface area contributed by atoms with E-state index in [1.807, 2.05) is 39.8 Å². The maximum Gasteiger partial charge on any atom is 0.242 e. The van der Waals surface area contributed by atoms with Crippen molar-refractivity contribution in [1.82, 2.24) is 15.2 Å². The van der Waals surface area contributed by atoms with Crippen LogP contribution in [0.5, 0.6) is 0 Å². The zero-order valence-electron chi connectivity index (χ0n) is 14.2. The second-order valence-electron chi connectivity index (χ2n) is 5.96. The molecule has 1 heterocycles. The van der Waals surface area contributed by atoms with Gasteiger partial charge in [0.05, 0.1) is 12.6 Å². The maximum atomic E-state index is 12.3. The van der Waals surface area contributed by atoms with Gasteiger partial charge in [-0.2, -0.15) is 0 Å². The van der Waals surface area contributed by atoms with Crippen molar-refractivity contribution in [3.05, 3.63) is 30.1 Å². The van der Waals surface area contributed by atoms with Crippen LogP contribution in [0.4, 0.5) is 0 Å². The molecule has 6 nitrogen and oxygen atoms in total. The van der Waals surface area contributed by atoms with E-state index in [0.29, 0.717) is 6.54 Å². The van der Waals surface area contributed by atoms with Crippen LogP contribution in [0, 0.1) is 5.92 Å². The molecule has 0 saturated heterocycles. The Balaban J connectivity index is 0.00000484. The molecule has 23 heavy (non-hydrogen) atoms. The van der Waals surface area contributed by atoms with E-state index in [1.165, 1.54) is 0 Å². The van der Waals surface area contributed by atoms with E-state index in [9.17, 15) is 9.59 Å². The summed E-state index contributed by atoms with van der Waals surface area (Å²) in [5, 5.41) is 2.61. The van der Waals surface area contributed by atoms with Gasteiger partial charge in [0, 0.05) is 25.0 Å². The molecule has 7 heteroatoms. The molecule has 0 spiro atoms. The number of nitrogens with two attached hydrogens (primary N) is 1. The van der Waals surface area contributed by atoms with Crippen LogP contribution in [-0.2, 0) is 16.1 Å². The molecule has 130 valence electrons. The quantitative estimate of drug-likeness (QED) is 0.782. The molecule has 0 aliphatic carbocycles. The number of amides is 2. The third-order valence-electron chi connectivity index (χ3n) is 3.45. The van der Waals surface area contributed by atoms with Gasteiger partial charge in [0.25, 0.3) is 0 Å². The number of nitrogens with zero attached hydrogens (tertiary/aromatic N) is 2. The first-order valence-corrected chi connectivity index (χ1v) is 7.54. The highest BCUT2D eigenvalue weighted by atomic mass is 35.5. The lowest BCUT2D eigenvalue weighted by atomic mass is 10.1. The summed E-state index contributed by atoms with van der Waals surface area (Å²) in [5.74, 6) is -0.400. The SMILES string of the molecule is CC(C)[C@H](N)C(=O)NCC(=O)N(Cc1cccnc1)C(C)C.Cl. The molecule has 1 rings (SSSR count). The van der Waals surface area contributed by atoms with Crippen LogP contribution in [0.2, 0.25) is 0 Å². The van der Waals surface area contributed by atoms with Crippen LogP contribution in [0.3, 0.4) is 0 Å². The Morgan fingerprint density at radius 3 is 2.43 bits per heavy atom. The Hall–Kier alpha value is -1.66. The highest BCUT2D eigenvalue weighted by molar-refractivity contribution is 5.87. The molecule has 1 aromatic rings. The summed E-state index contributed by atoms with van der Waals surface area (Å²) >= 11 is 0. The number of halogens is 1. The largest absolute Gasteiger partial charge is 0.346 e. The lowest BCUT2D eigenvalue weighted by Gasteiger charge is -2.27. The number of hydrogen-bond acceptors (Lipinski definition) is 4. The van der Waals surface area contributed by atoms with E-state index in [0.717, 1.165) is 5.56 Å². The van der Waals surface area contributed by atoms with Crippen molar-refractivity contribution in [2.75, 3.05) is 6.54 Å². The zero-order chi connectivity index (χ0) is 16.7. The predicted molar refractivity (Wildman–Crippen MR) is 93.0 cm³/mol. The molecule has 1 aromatic heterocycles. The van der Waals surface area contributed by atoms with Crippen molar-refractivity contribution in [1.29, 1.82) is 0 Å². The van der Waals surface area contributed by atoms with Crippen molar-refractivity contribution in [2.24, 2.45) is 11.7 Å². The molecule has 0 aromatic carbocycles. The lowest BCUT2D eigenvalue weighted by Crippen LogP contribution is -2.48. The highest BCUT2D eigenvalue weighted by Crippen LogP contribution is 2.07. The molecular formula is C16H27ClN4O2. The zero-order valence-corrected chi connectivity index (χ0v) is 15.0. The van der Waals surface area contributed by atoms with Crippen LogP contribution in [0.15, 0.2) is 24.5 Å². The van der Waals surface area contributed by atoms with Crippen LogP contribution >= 0.6 is 12.4 Å². The first-order valence-electron chi connectivity index (χ1n) is 7.54. The number of rotatable bonds is 7. The van der Waals surface area contributed by atoms with E-state index >= 15 is 0 Å². The third-order valence-corrected chi connectivity index (χ3v) is 3.45. The number of nitrogens with one attached hydrogen (secondary N) is 1. The molecule has 0 unspecified atom stereocenters. The van der Waals surface area contributed by atoms with Crippen molar-refractivity contribution in [2.45, 2.75) is 46.3 Å². The summed E-state index contributed by atoms with van der Waals surface area (Å²) in [4.78, 5) is 29.9. The Bertz CT molecular complexity index is 494. The highest BCUT2D eigenvalue weighted by Gasteiger charge is 2.21. The minimum atomic E-state index is -0.598. The second-order valence-corrected chi connectivity index (χ2v) is 5.96. The second kappa shape index (κ2) is 10.2. The van der Waals surface area contributed by atoms with Gasteiger partial charge in [-0.3, -0.25) is 14.6 Å². The van der Waals surface area contributed by atoms with Gasteiger partial charge in [0.15, 0.2) is 0 Å². The van der Waals surface area contributed by atoms with E-state index in [2.05, 4.69) is 10.3 Å². The molecule has 0 aliphatic heterocycles. The summed E-state index contributed by atoms with van der Waals surface area (Å²) in [6.45, 7) is 8.05. The molecule has 0 saturated carbocycles. The van der Waals surface area contributed by atoms with E-state index in [4.69, 9.17) is 5.73 Å². The third kappa shape index (κ3) is 6.97. The van der Waals surface area contributed by atoms with Gasteiger partial charge >= 0.3 is 0 Å². The van der Waals surface area contributed by atoms with E-state index in [1.54, 1.807) is 17.3 Å². The molecule has 1 atom stereocenters. The summed E-state index contributed by atoms with van der Waals surface area (Å²) in [6.07, 6.45) is 3.43. The van der Waals surface area contributed by atoms with Crippen molar-refractivity contribution in [3.8, 4) is 0 Å². The number of carbonyl (C=O) groups is 2. The van der Waals surface area contributed by atoms with Crippen LogP contribution < -0.4 is 11.1 Å². The molecule has 3 N–H and O–H groups in total. The van der Waals surface area contributed by atoms with Crippen molar-refractivity contribution < 1.29 is 9.59 Å². The van der Waals surface area contributed by atoms with Crippen LogP contribution in [0.25, 0.3) is 0 Å². The summed E-state index contributed by atoms with van der Waals surface area (Å²) in [6, 6.07) is 3.19. The fourth-order valence-corrected chi connectivity index (χ4v) is 1.93. The van der Waals surface area contributed by atoms with Crippen LogP contribution in [0.1, 0.15) is 33.3 Å². The fraction of sp³-hybridized carbons (Fsp3) is 0.562. The smallest absolute Gasteiger partial charge is 0.242 e. The Morgan fingerprint density at radius 2 is 1.96 bits per heavy atom. The molecule has 0 fully saturated rings. The summed E-state index contributed by atoms with van der Waals surface area (Å²) in [5.41, 5.74) is 6.71. The molecule has 0 radical (unpaired) electrons. The number of hydrogen-bond donors (Lipinski definition) is 2. The number of carbonyl (C=O) groups excluding carboxylic acids is 2. The first-order chi connectivity index (χ1) is 10.3. The molecular weight excluding hydrogens is 316 g/mol. The van der Waals surface area contributed by atoms with E-state index < -0.39 is 6.04 Å². The van der Waals surface area contributed by atoms with Gasteiger partial charge in [-0.05, 0) is 31.4 Å². The minimum absolute atomic E-state index is 0. The lowest BCUT2D eigenvalue weighted by molar-refractivity contribution is -0.135. The molecule has 0 aliphatic rings. The Kier molecular flexibility index (Phi) is 9.44. The minimum Gasteiger partial charge on any atom is -0.346 e. The average molecular weight is 343 g/mol. The average Bonchev–Trinajstić information content (AvgIpc) is 2.49. The van der Waals surface area contributed by atoms with Gasteiger partial charge in [0.2, 0.25) is 11.8 Å². The predicted octanol–water partition coefficient (Wildman–Crippen LogP) is 1.34. The Labute approximate surface area is 144 Å². The first kappa shape index (κ1) is 21.3. The summed E-state index contributed by atoms with van der Waals surface area (Å²) in [7, 11) is 0.